The normalized spacial score (nSPS) is 12.6. The molecule has 8 heteroatoms. The lowest BCUT2D eigenvalue weighted by Crippen LogP contribution is -2.41. The van der Waals surface area contributed by atoms with Crippen molar-refractivity contribution in [1.29, 1.82) is 0 Å². The molecule has 0 aliphatic heterocycles. The largest absolute Gasteiger partial charge is 0.496 e. The Kier molecular flexibility index (Phi) is 9.13. The Bertz CT molecular complexity index is 1380. The summed E-state index contributed by atoms with van der Waals surface area (Å²) in [6, 6.07) is 21.6. The van der Waals surface area contributed by atoms with Gasteiger partial charge in [-0.3, -0.25) is 9.59 Å². The smallest absolute Gasteiger partial charge is 0.220 e. The molecule has 5 N–H and O–H groups in total. The van der Waals surface area contributed by atoms with Crippen molar-refractivity contribution in [2.24, 2.45) is 11.7 Å². The predicted octanol–water partition coefficient (Wildman–Crippen LogP) is 3.68. The Labute approximate surface area is 221 Å². The molecule has 0 aliphatic rings. The number of Topliss-reactive ketones (excluding diaryl/α,β-unsaturated/α-hetero) is 1. The zero-order chi connectivity index (χ0) is 26.9. The highest BCUT2D eigenvalue weighted by molar-refractivity contribution is 5.88. The van der Waals surface area contributed by atoms with Gasteiger partial charge in [0.05, 0.1) is 19.6 Å². The second kappa shape index (κ2) is 12.9. The first kappa shape index (κ1) is 26.9. The van der Waals surface area contributed by atoms with Gasteiger partial charge in [0.2, 0.25) is 5.91 Å². The summed E-state index contributed by atoms with van der Waals surface area (Å²) in [5.74, 6) is -0.00346. The number of aliphatic hydroxyl groups excluding tert-OH is 1. The number of benzene rings is 3. The van der Waals surface area contributed by atoms with Crippen LogP contribution in [0.4, 0.5) is 0 Å². The number of carbonyl (C=O) groups is 2. The fourth-order valence-corrected chi connectivity index (χ4v) is 4.53. The van der Waals surface area contributed by atoms with Gasteiger partial charge in [-0.15, -0.1) is 0 Å². The van der Waals surface area contributed by atoms with E-state index in [2.05, 4.69) is 10.3 Å². The minimum atomic E-state index is -0.731. The molecule has 0 fully saturated rings. The van der Waals surface area contributed by atoms with E-state index in [1.807, 2.05) is 48.5 Å². The number of hydrogen-bond donors (Lipinski definition) is 4. The maximum atomic E-state index is 13.4. The summed E-state index contributed by atoms with van der Waals surface area (Å²) in [5.41, 5.74) is 9.89. The number of nitrogens with one attached hydrogen (secondary N) is 2. The molecule has 198 valence electrons. The number of rotatable bonds is 13. The second-order valence-electron chi connectivity index (χ2n) is 9.06. The summed E-state index contributed by atoms with van der Waals surface area (Å²) < 4.78 is 11.1. The third-order valence-corrected chi connectivity index (χ3v) is 6.67. The predicted molar refractivity (Wildman–Crippen MR) is 146 cm³/mol. The summed E-state index contributed by atoms with van der Waals surface area (Å²) in [6.07, 6.45) is 2.55. The average molecular weight is 516 g/mol. The van der Waals surface area contributed by atoms with E-state index < -0.39 is 12.0 Å². The quantitative estimate of drug-likeness (QED) is 0.215. The highest BCUT2D eigenvalue weighted by Gasteiger charge is 2.29. The number of aromatic nitrogens is 1. The van der Waals surface area contributed by atoms with Gasteiger partial charge in [-0.05, 0) is 35.7 Å². The third kappa shape index (κ3) is 6.40. The van der Waals surface area contributed by atoms with Gasteiger partial charge in [0, 0.05) is 41.7 Å². The Morgan fingerprint density at radius 1 is 0.974 bits per heavy atom. The fourth-order valence-electron chi connectivity index (χ4n) is 4.53. The van der Waals surface area contributed by atoms with Crippen LogP contribution in [0.2, 0.25) is 0 Å². The van der Waals surface area contributed by atoms with Crippen LogP contribution in [0, 0.1) is 5.92 Å². The Morgan fingerprint density at radius 3 is 2.42 bits per heavy atom. The molecule has 8 nitrogen and oxygen atoms in total. The van der Waals surface area contributed by atoms with E-state index in [4.69, 9.17) is 15.2 Å². The minimum absolute atomic E-state index is 0.0648. The van der Waals surface area contributed by atoms with Gasteiger partial charge in [-0.1, -0.05) is 54.6 Å². The molecule has 0 spiro atoms. The highest BCUT2D eigenvalue weighted by Crippen LogP contribution is 2.28. The molecule has 0 aliphatic carbocycles. The monoisotopic (exact) mass is 515 g/mol. The number of aryl methyl sites for hydroxylation is 1. The van der Waals surface area contributed by atoms with E-state index >= 15 is 0 Å². The Balaban J connectivity index is 1.47. The first-order valence-electron chi connectivity index (χ1n) is 12.6. The molecule has 4 rings (SSSR count). The van der Waals surface area contributed by atoms with E-state index in [0.717, 1.165) is 27.8 Å². The molecule has 1 heterocycles. The van der Waals surface area contributed by atoms with E-state index in [1.54, 1.807) is 37.6 Å². The van der Waals surface area contributed by atoms with Crippen LogP contribution < -0.4 is 20.5 Å². The summed E-state index contributed by atoms with van der Waals surface area (Å²) in [7, 11) is 1.60. The zero-order valence-corrected chi connectivity index (χ0v) is 21.4. The number of aromatic amines is 1. The number of ketones is 1. The van der Waals surface area contributed by atoms with Crippen LogP contribution in [0.15, 0.2) is 79.0 Å². The number of methoxy groups -OCH3 is 1. The molecule has 0 saturated carbocycles. The fraction of sp³-hybridized carbons (Fsp3) is 0.267. The van der Waals surface area contributed by atoms with Crippen molar-refractivity contribution in [1.82, 2.24) is 10.3 Å². The number of hydrogen-bond acceptors (Lipinski definition) is 6. The molecular weight excluding hydrogens is 482 g/mol. The topological polar surface area (TPSA) is 127 Å². The number of ether oxygens (including phenoxy) is 2. The van der Waals surface area contributed by atoms with Gasteiger partial charge in [0.15, 0.2) is 5.78 Å². The van der Waals surface area contributed by atoms with Gasteiger partial charge < -0.3 is 30.6 Å². The van der Waals surface area contributed by atoms with Gasteiger partial charge >= 0.3 is 0 Å². The summed E-state index contributed by atoms with van der Waals surface area (Å²) in [6.45, 7) is -0.380. The van der Waals surface area contributed by atoms with Crippen molar-refractivity contribution in [2.45, 2.75) is 25.5 Å². The molecule has 2 unspecified atom stereocenters. The maximum Gasteiger partial charge on any atom is 0.220 e. The lowest BCUT2D eigenvalue weighted by atomic mass is 9.90. The summed E-state index contributed by atoms with van der Waals surface area (Å²) >= 11 is 0. The molecule has 1 amide bonds. The van der Waals surface area contributed by atoms with Gasteiger partial charge in [0.25, 0.3) is 0 Å². The van der Waals surface area contributed by atoms with Crippen molar-refractivity contribution >= 4 is 22.6 Å². The molecule has 0 bridgehead atoms. The van der Waals surface area contributed by atoms with E-state index in [-0.39, 0.29) is 37.9 Å². The molecule has 0 radical (unpaired) electrons. The lowest BCUT2D eigenvalue weighted by Gasteiger charge is -2.23. The maximum absolute atomic E-state index is 13.4. The number of H-pyrrole nitrogens is 1. The highest BCUT2D eigenvalue weighted by atomic mass is 16.5. The van der Waals surface area contributed by atoms with Gasteiger partial charge in [-0.2, -0.15) is 0 Å². The van der Waals surface area contributed by atoms with Crippen LogP contribution in [0.25, 0.3) is 10.9 Å². The molecular formula is C30H33N3O5. The zero-order valence-electron chi connectivity index (χ0n) is 21.4. The SMILES string of the molecule is COc1ccccc1CCC(=O)NCC(C(=O)COc1ccccc1CO)C(N)c1c[nH]c2ccccc12. The molecule has 1 aromatic heterocycles. The number of aliphatic hydroxyl groups is 1. The number of fused-ring (bicyclic) bond motifs is 1. The standard InChI is InChI=1S/C30H33N3O5/c1-37-27-12-6-2-8-20(27)14-15-29(36)33-17-24(26(35)19-38-28-13-7-3-9-21(28)18-34)30(31)23-16-32-25-11-5-4-10-22(23)25/h2-13,16,24,30,32,34H,14-15,17-19,31H2,1H3,(H,33,36). The summed E-state index contributed by atoms with van der Waals surface area (Å²) in [4.78, 5) is 29.4. The molecule has 2 atom stereocenters. The molecule has 3 aromatic carbocycles. The van der Waals surface area contributed by atoms with E-state index in [9.17, 15) is 14.7 Å². The molecule has 4 aromatic rings. The Morgan fingerprint density at radius 2 is 1.66 bits per heavy atom. The van der Waals surface area contributed by atoms with Crippen LogP contribution in [-0.2, 0) is 22.6 Å². The van der Waals surface area contributed by atoms with Crippen molar-refractivity contribution in [3.63, 3.8) is 0 Å². The number of carbonyl (C=O) groups excluding carboxylic acids is 2. The van der Waals surface area contributed by atoms with Crippen LogP contribution >= 0.6 is 0 Å². The average Bonchev–Trinajstić information content (AvgIpc) is 3.39. The third-order valence-electron chi connectivity index (χ3n) is 6.67. The second-order valence-corrected chi connectivity index (χ2v) is 9.06. The number of amides is 1. The van der Waals surface area contributed by atoms with Crippen molar-refractivity contribution in [3.05, 3.63) is 95.7 Å². The Hall–Kier alpha value is -4.14. The lowest BCUT2D eigenvalue weighted by molar-refractivity contribution is -0.126. The number of nitrogens with two attached hydrogens (primary N) is 1. The van der Waals surface area contributed by atoms with Crippen LogP contribution in [0.5, 0.6) is 11.5 Å². The van der Waals surface area contributed by atoms with E-state index in [0.29, 0.717) is 17.7 Å². The van der Waals surface area contributed by atoms with Crippen LogP contribution in [0.3, 0.4) is 0 Å². The van der Waals surface area contributed by atoms with E-state index in [1.165, 1.54) is 0 Å². The number of para-hydroxylation sites is 3. The first-order valence-corrected chi connectivity index (χ1v) is 12.6. The van der Waals surface area contributed by atoms with Gasteiger partial charge in [0.1, 0.15) is 18.1 Å². The van der Waals surface area contributed by atoms with Crippen molar-refractivity contribution < 1.29 is 24.2 Å². The first-order chi connectivity index (χ1) is 18.5. The van der Waals surface area contributed by atoms with Crippen molar-refractivity contribution in [3.8, 4) is 11.5 Å². The molecule has 0 saturated heterocycles. The van der Waals surface area contributed by atoms with Gasteiger partial charge in [-0.25, -0.2) is 0 Å². The van der Waals surface area contributed by atoms with Crippen molar-refractivity contribution in [2.75, 3.05) is 20.3 Å². The van der Waals surface area contributed by atoms with Crippen LogP contribution in [-0.4, -0.2) is 42.0 Å². The molecule has 38 heavy (non-hydrogen) atoms. The minimum Gasteiger partial charge on any atom is -0.496 e. The van der Waals surface area contributed by atoms with Crippen LogP contribution in [0.1, 0.15) is 29.2 Å². The summed E-state index contributed by atoms with van der Waals surface area (Å²) in [5, 5.41) is 13.4.